The molecule has 1 atom stereocenters. The van der Waals surface area contributed by atoms with Crippen LogP contribution in [0.4, 0.5) is 0 Å². The normalized spacial score (nSPS) is 21.2. The lowest BCUT2D eigenvalue weighted by Crippen LogP contribution is -2.53. The first kappa shape index (κ1) is 21.7. The molecule has 1 unspecified atom stereocenters. The van der Waals surface area contributed by atoms with Gasteiger partial charge in [-0.25, -0.2) is 0 Å². The van der Waals surface area contributed by atoms with Gasteiger partial charge in [0.1, 0.15) is 0 Å². The minimum atomic E-state index is -0.00262. The molecular weight excluding hydrogens is 344 g/mol. The molecule has 2 heterocycles. The van der Waals surface area contributed by atoms with E-state index in [4.69, 9.17) is 0 Å². The van der Waals surface area contributed by atoms with Gasteiger partial charge in [-0.3, -0.25) is 19.3 Å². The first-order valence-corrected chi connectivity index (χ1v) is 10.5. The van der Waals surface area contributed by atoms with E-state index in [9.17, 15) is 14.4 Å². The molecule has 2 fully saturated rings. The third kappa shape index (κ3) is 7.48. The average Bonchev–Trinajstić information content (AvgIpc) is 2.65. The van der Waals surface area contributed by atoms with Crippen LogP contribution in [0.25, 0.3) is 0 Å². The van der Waals surface area contributed by atoms with E-state index in [1.807, 2.05) is 9.80 Å². The monoisotopic (exact) mass is 380 g/mol. The summed E-state index contributed by atoms with van der Waals surface area (Å²) in [4.78, 5) is 41.8. The van der Waals surface area contributed by atoms with Crippen molar-refractivity contribution in [3.8, 4) is 0 Å². The number of hydrogen-bond donors (Lipinski definition) is 1. The Bertz CT molecular complexity index is 503. The number of piperazine rings is 1. The number of carbonyl (C=O) groups is 3. The van der Waals surface area contributed by atoms with Crippen molar-refractivity contribution in [2.45, 2.75) is 64.8 Å². The first-order chi connectivity index (χ1) is 13.0. The summed E-state index contributed by atoms with van der Waals surface area (Å²) in [6, 6.07) is 0.361. The van der Waals surface area contributed by atoms with Crippen molar-refractivity contribution >= 4 is 17.7 Å². The Morgan fingerprint density at radius 2 is 1.67 bits per heavy atom. The highest BCUT2D eigenvalue weighted by Crippen LogP contribution is 2.17. The van der Waals surface area contributed by atoms with E-state index in [0.717, 1.165) is 51.7 Å². The Hall–Kier alpha value is -1.63. The maximum atomic E-state index is 12.5. The summed E-state index contributed by atoms with van der Waals surface area (Å²) >= 11 is 0. The third-order valence-electron chi connectivity index (χ3n) is 5.65. The zero-order valence-corrected chi connectivity index (χ0v) is 17.0. The number of piperidine rings is 1. The molecule has 0 spiro atoms. The predicted octanol–water partition coefficient (Wildman–Crippen LogP) is 1.23. The van der Waals surface area contributed by atoms with E-state index in [2.05, 4.69) is 17.1 Å². The van der Waals surface area contributed by atoms with Crippen molar-refractivity contribution in [1.29, 1.82) is 0 Å². The Morgan fingerprint density at radius 3 is 2.33 bits per heavy atom. The number of unbranched alkanes of at least 4 members (excludes halogenated alkanes) is 2. The molecule has 0 saturated carbocycles. The number of rotatable bonds is 8. The fourth-order valence-electron chi connectivity index (χ4n) is 3.91. The number of amides is 3. The fraction of sp³-hybridized carbons (Fsp3) is 0.850. The smallest absolute Gasteiger partial charge is 0.236 e. The van der Waals surface area contributed by atoms with Crippen LogP contribution in [-0.4, -0.2) is 84.3 Å². The van der Waals surface area contributed by atoms with Crippen LogP contribution in [-0.2, 0) is 14.4 Å². The van der Waals surface area contributed by atoms with Gasteiger partial charge in [0.25, 0.3) is 0 Å². The van der Waals surface area contributed by atoms with Crippen molar-refractivity contribution in [2.24, 2.45) is 0 Å². The molecule has 0 aliphatic carbocycles. The van der Waals surface area contributed by atoms with Gasteiger partial charge < -0.3 is 15.1 Å². The molecular formula is C20H36N4O3. The number of hydrogen-bond acceptors (Lipinski definition) is 4. The summed E-state index contributed by atoms with van der Waals surface area (Å²) in [6.07, 6.45) is 6.75. The Kier molecular flexibility index (Phi) is 9.04. The second kappa shape index (κ2) is 11.3. The van der Waals surface area contributed by atoms with Gasteiger partial charge in [0.15, 0.2) is 0 Å². The number of likely N-dealkylation sites (tertiary alicyclic amines) is 1. The molecule has 3 amide bonds. The lowest BCUT2D eigenvalue weighted by Gasteiger charge is -2.38. The fourth-order valence-corrected chi connectivity index (χ4v) is 3.91. The standard InChI is InChI=1S/C20H36N4O3/c1-17-8-5-7-11-24(17)20(27)16-22-12-14-23(15-13-22)19(26)9-4-3-6-10-21-18(2)25/h17H,3-16H2,1-2H3,(H,21,25). The summed E-state index contributed by atoms with van der Waals surface area (Å²) in [6.45, 7) is 8.71. The molecule has 1 N–H and O–H groups in total. The van der Waals surface area contributed by atoms with Gasteiger partial charge >= 0.3 is 0 Å². The van der Waals surface area contributed by atoms with Gasteiger partial charge in [-0.15, -0.1) is 0 Å². The van der Waals surface area contributed by atoms with Crippen molar-refractivity contribution < 1.29 is 14.4 Å². The van der Waals surface area contributed by atoms with Crippen LogP contribution in [0.1, 0.15) is 58.8 Å². The largest absolute Gasteiger partial charge is 0.356 e. The van der Waals surface area contributed by atoms with E-state index in [1.165, 1.54) is 13.3 Å². The van der Waals surface area contributed by atoms with Crippen LogP contribution in [0.5, 0.6) is 0 Å². The van der Waals surface area contributed by atoms with Gasteiger partial charge in [0.2, 0.25) is 17.7 Å². The van der Waals surface area contributed by atoms with Crippen molar-refractivity contribution in [3.63, 3.8) is 0 Å². The molecule has 0 radical (unpaired) electrons. The third-order valence-corrected chi connectivity index (χ3v) is 5.65. The van der Waals surface area contributed by atoms with Gasteiger partial charge in [-0.05, 0) is 39.0 Å². The van der Waals surface area contributed by atoms with E-state index in [1.54, 1.807) is 0 Å². The molecule has 7 heteroatoms. The molecule has 0 aromatic rings. The summed E-state index contributed by atoms with van der Waals surface area (Å²) in [5, 5.41) is 2.77. The minimum Gasteiger partial charge on any atom is -0.356 e. The van der Waals surface area contributed by atoms with Crippen LogP contribution in [0.3, 0.4) is 0 Å². The molecule has 0 aromatic heterocycles. The highest BCUT2D eigenvalue weighted by molar-refractivity contribution is 5.79. The lowest BCUT2D eigenvalue weighted by molar-refractivity contribution is -0.137. The first-order valence-electron chi connectivity index (χ1n) is 10.5. The molecule has 2 aliphatic rings. The van der Waals surface area contributed by atoms with Crippen molar-refractivity contribution in [3.05, 3.63) is 0 Å². The zero-order valence-electron chi connectivity index (χ0n) is 17.0. The number of carbonyl (C=O) groups excluding carboxylic acids is 3. The second-order valence-corrected chi connectivity index (χ2v) is 7.88. The van der Waals surface area contributed by atoms with Gasteiger partial charge in [-0.1, -0.05) is 6.42 Å². The Labute approximate surface area is 163 Å². The van der Waals surface area contributed by atoms with Gasteiger partial charge in [0, 0.05) is 58.7 Å². The van der Waals surface area contributed by atoms with Gasteiger partial charge in [0.05, 0.1) is 6.54 Å². The van der Waals surface area contributed by atoms with Gasteiger partial charge in [-0.2, -0.15) is 0 Å². The van der Waals surface area contributed by atoms with Crippen LogP contribution in [0.15, 0.2) is 0 Å². The highest BCUT2D eigenvalue weighted by Gasteiger charge is 2.27. The summed E-state index contributed by atoms with van der Waals surface area (Å²) in [5.41, 5.74) is 0. The Balaban J connectivity index is 1.59. The molecule has 2 aliphatic heterocycles. The highest BCUT2D eigenvalue weighted by atomic mass is 16.2. The van der Waals surface area contributed by atoms with Crippen LogP contribution < -0.4 is 5.32 Å². The molecule has 7 nitrogen and oxygen atoms in total. The van der Waals surface area contributed by atoms with E-state index < -0.39 is 0 Å². The number of nitrogens with one attached hydrogen (secondary N) is 1. The molecule has 2 saturated heterocycles. The maximum Gasteiger partial charge on any atom is 0.236 e. The van der Waals surface area contributed by atoms with E-state index in [-0.39, 0.29) is 17.7 Å². The van der Waals surface area contributed by atoms with Crippen molar-refractivity contribution in [1.82, 2.24) is 20.0 Å². The van der Waals surface area contributed by atoms with E-state index >= 15 is 0 Å². The topological polar surface area (TPSA) is 73.0 Å². The van der Waals surface area contributed by atoms with Crippen molar-refractivity contribution in [2.75, 3.05) is 45.8 Å². The van der Waals surface area contributed by atoms with Crippen LogP contribution in [0.2, 0.25) is 0 Å². The molecule has 0 aromatic carbocycles. The predicted molar refractivity (Wildman–Crippen MR) is 105 cm³/mol. The molecule has 154 valence electrons. The molecule has 2 rings (SSSR count). The lowest BCUT2D eigenvalue weighted by atomic mass is 10.0. The van der Waals surface area contributed by atoms with Crippen LogP contribution >= 0.6 is 0 Å². The summed E-state index contributed by atoms with van der Waals surface area (Å²) in [5.74, 6) is 0.448. The maximum absolute atomic E-state index is 12.5. The quantitative estimate of drug-likeness (QED) is 0.643. The van der Waals surface area contributed by atoms with Crippen LogP contribution in [0, 0.1) is 0 Å². The zero-order chi connectivity index (χ0) is 19.6. The Morgan fingerprint density at radius 1 is 0.926 bits per heavy atom. The summed E-state index contributed by atoms with van der Waals surface area (Å²) in [7, 11) is 0. The molecule has 27 heavy (non-hydrogen) atoms. The molecule has 0 bridgehead atoms. The SMILES string of the molecule is CC(=O)NCCCCCC(=O)N1CCN(CC(=O)N2CCCCC2C)CC1. The average molecular weight is 381 g/mol. The number of nitrogens with zero attached hydrogens (tertiary/aromatic N) is 3. The second-order valence-electron chi connectivity index (χ2n) is 7.88. The minimum absolute atomic E-state index is 0.00262. The van der Waals surface area contributed by atoms with E-state index in [0.29, 0.717) is 38.6 Å². The summed E-state index contributed by atoms with van der Waals surface area (Å²) < 4.78 is 0.